The lowest BCUT2D eigenvalue weighted by Gasteiger charge is -2.21. The molecule has 0 saturated carbocycles. The third-order valence-corrected chi connectivity index (χ3v) is 5.33. The molecular formula is C22H25FN4O4. The number of nitrogens with zero attached hydrogens (tertiary/aromatic N) is 3. The first-order valence-electron chi connectivity index (χ1n) is 9.99. The highest BCUT2D eigenvalue weighted by Crippen LogP contribution is 2.23. The summed E-state index contributed by atoms with van der Waals surface area (Å²) in [5.41, 5.74) is 7.60. The van der Waals surface area contributed by atoms with Gasteiger partial charge < -0.3 is 15.7 Å². The number of carbonyl (C=O) groups is 1. The molecule has 0 spiro atoms. The van der Waals surface area contributed by atoms with Crippen LogP contribution in [0, 0.1) is 18.7 Å². The van der Waals surface area contributed by atoms with E-state index in [1.54, 1.807) is 25.1 Å². The molecule has 1 unspecified atom stereocenters. The number of rotatable bonds is 7. The Labute approximate surface area is 178 Å². The van der Waals surface area contributed by atoms with Crippen LogP contribution in [-0.2, 0) is 22.4 Å². The maximum Gasteiger partial charge on any atom is 0.305 e. The van der Waals surface area contributed by atoms with Crippen molar-refractivity contribution in [3.63, 3.8) is 0 Å². The number of aromatic nitrogens is 2. The number of hydrogen-bond acceptors (Lipinski definition) is 6. The molecule has 0 radical (unpaired) electrons. The fourth-order valence-corrected chi connectivity index (χ4v) is 3.66. The number of halogens is 1. The van der Waals surface area contributed by atoms with Crippen molar-refractivity contribution in [3.05, 3.63) is 63.1 Å². The minimum atomic E-state index is -0.388. The number of esters is 1. The van der Waals surface area contributed by atoms with Gasteiger partial charge in [0.2, 0.25) is 0 Å². The number of aryl methyl sites for hydroxylation is 2. The van der Waals surface area contributed by atoms with Gasteiger partial charge in [-0.2, -0.15) is 0 Å². The van der Waals surface area contributed by atoms with E-state index in [9.17, 15) is 14.0 Å². The van der Waals surface area contributed by atoms with Gasteiger partial charge in [-0.05, 0) is 43.5 Å². The molecule has 0 amide bonds. The van der Waals surface area contributed by atoms with Crippen LogP contribution < -0.4 is 11.3 Å². The third-order valence-electron chi connectivity index (χ3n) is 5.33. The molecule has 31 heavy (non-hydrogen) atoms. The molecule has 0 aliphatic heterocycles. The quantitative estimate of drug-likeness (QED) is 0.175. The van der Waals surface area contributed by atoms with Gasteiger partial charge in [0.05, 0.1) is 24.1 Å². The van der Waals surface area contributed by atoms with Crippen LogP contribution in [0.3, 0.4) is 0 Å². The molecule has 0 bridgehead atoms. The predicted molar refractivity (Wildman–Crippen MR) is 114 cm³/mol. The van der Waals surface area contributed by atoms with Crippen LogP contribution in [0.25, 0.3) is 11.8 Å². The van der Waals surface area contributed by atoms with Gasteiger partial charge in [-0.25, -0.2) is 9.37 Å². The average Bonchev–Trinajstić information content (AvgIpc) is 2.76. The molecule has 164 valence electrons. The van der Waals surface area contributed by atoms with E-state index >= 15 is 0 Å². The zero-order chi connectivity index (χ0) is 22.5. The van der Waals surface area contributed by atoms with Crippen molar-refractivity contribution in [1.29, 1.82) is 0 Å². The van der Waals surface area contributed by atoms with Gasteiger partial charge in [-0.1, -0.05) is 17.3 Å². The second kappa shape index (κ2) is 9.55. The Morgan fingerprint density at radius 2 is 2.19 bits per heavy atom. The molecule has 1 aromatic carbocycles. The average molecular weight is 428 g/mol. The number of ether oxygens (including phenoxy) is 1. The van der Waals surface area contributed by atoms with Crippen molar-refractivity contribution in [1.82, 2.24) is 9.55 Å². The second-order valence-electron chi connectivity index (χ2n) is 7.44. The van der Waals surface area contributed by atoms with Crippen molar-refractivity contribution in [3.8, 4) is 5.69 Å². The zero-order valence-electron chi connectivity index (χ0n) is 17.5. The number of carbonyl (C=O) groups excluding carboxylic acids is 1. The first-order valence-corrected chi connectivity index (χ1v) is 9.99. The maximum atomic E-state index is 13.6. The molecule has 8 nitrogen and oxygen atoms in total. The predicted octanol–water partition coefficient (Wildman–Crippen LogP) is 2.50. The summed E-state index contributed by atoms with van der Waals surface area (Å²) < 4.78 is 19.8. The normalized spacial score (nSPS) is 15.6. The summed E-state index contributed by atoms with van der Waals surface area (Å²) in [4.78, 5) is 29.5. The van der Waals surface area contributed by atoms with Crippen LogP contribution in [-0.4, -0.2) is 33.7 Å². The summed E-state index contributed by atoms with van der Waals surface area (Å²) in [6.45, 7) is 1.73. The topological polar surface area (TPSA) is 120 Å². The van der Waals surface area contributed by atoms with E-state index in [1.165, 1.54) is 23.8 Å². The summed E-state index contributed by atoms with van der Waals surface area (Å²) in [5, 5.41) is 12.0. The molecule has 2 aromatic rings. The Kier molecular flexibility index (Phi) is 6.84. The number of oxime groups is 1. The minimum absolute atomic E-state index is 0.0434. The summed E-state index contributed by atoms with van der Waals surface area (Å²) in [6, 6.07) is 4.23. The Balaban J connectivity index is 2.04. The molecule has 0 saturated heterocycles. The van der Waals surface area contributed by atoms with Gasteiger partial charge in [0, 0.05) is 25.2 Å². The third kappa shape index (κ3) is 4.82. The number of nitrogens with two attached hydrogens (primary N) is 1. The highest BCUT2D eigenvalue weighted by molar-refractivity contribution is 5.86. The van der Waals surface area contributed by atoms with Crippen molar-refractivity contribution in [2.75, 3.05) is 7.11 Å². The first-order chi connectivity index (χ1) is 14.8. The maximum absolute atomic E-state index is 13.6. The molecule has 1 aliphatic rings. The number of hydrogen-bond donors (Lipinski definition) is 2. The fraction of sp³-hybridized carbons (Fsp3) is 0.364. The van der Waals surface area contributed by atoms with E-state index in [0.29, 0.717) is 54.0 Å². The van der Waals surface area contributed by atoms with Gasteiger partial charge >= 0.3 is 5.97 Å². The van der Waals surface area contributed by atoms with E-state index in [-0.39, 0.29) is 35.5 Å². The molecule has 1 heterocycles. The molecule has 0 fully saturated rings. The Morgan fingerprint density at radius 3 is 2.87 bits per heavy atom. The number of methoxy groups -OCH3 is 1. The van der Waals surface area contributed by atoms with Gasteiger partial charge in [0.25, 0.3) is 5.56 Å². The lowest BCUT2D eigenvalue weighted by Crippen LogP contribution is -2.33. The molecule has 3 rings (SSSR count). The molecule has 3 N–H and O–H groups in total. The molecule has 1 aromatic heterocycles. The van der Waals surface area contributed by atoms with Gasteiger partial charge in [-0.15, -0.1) is 0 Å². The van der Waals surface area contributed by atoms with E-state index < -0.39 is 0 Å². The van der Waals surface area contributed by atoms with Crippen LogP contribution in [0.1, 0.15) is 41.9 Å². The van der Waals surface area contributed by atoms with E-state index in [4.69, 9.17) is 15.9 Å². The Morgan fingerprint density at radius 1 is 1.42 bits per heavy atom. The first kappa shape index (κ1) is 22.2. The van der Waals surface area contributed by atoms with Gasteiger partial charge in [0.15, 0.2) is 0 Å². The van der Waals surface area contributed by atoms with Gasteiger partial charge in [-0.3, -0.25) is 14.2 Å². The standard InChI is InChI=1S/C22H25FN4O4/c1-13-11-15(23)8-10-18(13)27-19(5-3-4-6-20(28)31-2)25-17-12-14(21(24)26-30)7-9-16(17)22(27)29/h7-11,14,30H,3-6,12H2,1-2H3,(H2,24,26). The largest absolute Gasteiger partial charge is 0.469 e. The van der Waals surface area contributed by atoms with Crippen molar-refractivity contribution >= 4 is 17.9 Å². The number of amidine groups is 1. The second-order valence-corrected chi connectivity index (χ2v) is 7.44. The SMILES string of the molecule is COC(=O)CCCCc1nc2c(c(=O)n1-c1ccc(F)cc1C)C=CC(/C(N)=N/O)C2. The van der Waals surface area contributed by atoms with E-state index in [0.717, 1.165) is 0 Å². The van der Waals surface area contributed by atoms with Crippen molar-refractivity contribution in [2.45, 2.75) is 39.0 Å². The smallest absolute Gasteiger partial charge is 0.305 e. The fourth-order valence-electron chi connectivity index (χ4n) is 3.66. The Bertz CT molecular complexity index is 1110. The highest BCUT2D eigenvalue weighted by Gasteiger charge is 2.24. The van der Waals surface area contributed by atoms with Crippen molar-refractivity contribution < 1.29 is 19.1 Å². The number of benzene rings is 1. The van der Waals surface area contributed by atoms with Crippen LogP contribution in [0.2, 0.25) is 0 Å². The Hall–Kier alpha value is -3.49. The lowest BCUT2D eigenvalue weighted by molar-refractivity contribution is -0.140. The summed E-state index contributed by atoms with van der Waals surface area (Å²) >= 11 is 0. The van der Waals surface area contributed by atoms with Crippen LogP contribution in [0.4, 0.5) is 4.39 Å². The van der Waals surface area contributed by atoms with Crippen LogP contribution in [0.5, 0.6) is 0 Å². The molecular weight excluding hydrogens is 403 g/mol. The number of fused-ring (bicyclic) bond motifs is 1. The van der Waals surface area contributed by atoms with Crippen LogP contribution in [0.15, 0.2) is 34.2 Å². The molecule has 1 aliphatic carbocycles. The summed E-state index contributed by atoms with van der Waals surface area (Å²) in [6.07, 6.45) is 5.57. The molecule has 1 atom stereocenters. The van der Waals surface area contributed by atoms with E-state index in [1.807, 2.05) is 0 Å². The number of unbranched alkanes of at least 4 members (excludes halogenated alkanes) is 1. The lowest BCUT2D eigenvalue weighted by atomic mass is 9.93. The van der Waals surface area contributed by atoms with Crippen molar-refractivity contribution in [2.24, 2.45) is 16.8 Å². The van der Waals surface area contributed by atoms with Crippen LogP contribution >= 0.6 is 0 Å². The molecule has 9 heteroatoms. The summed E-state index contributed by atoms with van der Waals surface area (Å²) in [7, 11) is 1.34. The van der Waals surface area contributed by atoms with E-state index in [2.05, 4.69) is 9.89 Å². The van der Waals surface area contributed by atoms with Gasteiger partial charge in [0.1, 0.15) is 17.5 Å². The zero-order valence-corrected chi connectivity index (χ0v) is 17.5. The summed E-state index contributed by atoms with van der Waals surface area (Å²) in [5.74, 6) is -0.489. The minimum Gasteiger partial charge on any atom is -0.469 e. The monoisotopic (exact) mass is 428 g/mol. The highest BCUT2D eigenvalue weighted by atomic mass is 19.1.